The largest absolute Gasteiger partial charge is 0.458 e. The van der Waals surface area contributed by atoms with E-state index in [1.165, 1.54) is 25.2 Å². The van der Waals surface area contributed by atoms with Crippen LogP contribution in [0, 0.1) is 17.8 Å². The van der Waals surface area contributed by atoms with Crippen molar-refractivity contribution in [2.24, 2.45) is 17.8 Å². The van der Waals surface area contributed by atoms with Crippen molar-refractivity contribution in [1.82, 2.24) is 0 Å². The Kier molecular flexibility index (Phi) is 19.6. The molecule has 16 heteroatoms. The summed E-state index contributed by atoms with van der Waals surface area (Å²) in [6, 6.07) is 54.7. The fourth-order valence-corrected chi connectivity index (χ4v) is 18.7. The molecule has 4 bridgehead atoms. The normalized spacial score (nSPS) is 31.8. The minimum absolute atomic E-state index is 0.0781. The summed E-state index contributed by atoms with van der Waals surface area (Å²) >= 11 is 0. The number of ether oxygens (including phenoxy) is 8. The molecule has 17 unspecified atom stereocenters. The predicted molar refractivity (Wildman–Crippen MR) is 387 cm³/mol. The number of rotatable bonds is 21. The molecule has 8 aliphatic rings. The van der Waals surface area contributed by atoms with Crippen LogP contribution < -0.4 is 0 Å². The second kappa shape index (κ2) is 28.5. The van der Waals surface area contributed by atoms with Gasteiger partial charge >= 0.3 is 29.8 Å². The van der Waals surface area contributed by atoms with E-state index in [2.05, 4.69) is 20.8 Å². The number of fused-ring (bicyclic) bond motifs is 9. The van der Waals surface area contributed by atoms with Crippen LogP contribution in [0.1, 0.15) is 150 Å². The van der Waals surface area contributed by atoms with E-state index in [0.29, 0.717) is 25.7 Å². The molecule has 17 atom stereocenters. The zero-order valence-corrected chi connectivity index (χ0v) is 59.3. The lowest BCUT2D eigenvalue weighted by molar-refractivity contribution is -0.216. The molecule has 0 saturated carbocycles. The number of benzene rings is 6. The lowest BCUT2D eigenvalue weighted by Gasteiger charge is -2.48. The highest BCUT2D eigenvalue weighted by molar-refractivity contribution is 5.89. The Morgan fingerprint density at radius 3 is 1.68 bits per heavy atom. The fourth-order valence-electron chi connectivity index (χ4n) is 18.7. The highest BCUT2D eigenvalue weighted by Crippen LogP contribution is 2.67. The molecule has 5 fully saturated rings. The Hall–Kier alpha value is -9.13. The standard InChI is InChI=1S/C87H90O16/c1-52-31-40-66-77(52)69(51-96-84(66,6)71(98-76(94)50-88)41-34-56-21-12-8-13-22-56)97-73(91)42-36-58-32-38-60(39-33-58)64-46-67-78(53(64)2)80(86(62-27-16-10-17-28-62)48-70(90)83(67,5)102-86)100-75(93)44-37-59-25-20-26-61(45-59)65-47-68-79(54(65)3)81(101-74(92)43-35-57-23-14-9-15-24-57)87(63-29-18-11-19-30-63)49-72(85(68,7)103-87)99-82(95)55(4)89/h8-30,32-33,35-39,42-45,55,64-72,80-81,88-90H,31,34,40-41,46-51H2,1-7H3/b42-36+,43-35+,44-37+. The van der Waals surface area contributed by atoms with Crippen LogP contribution in [0.2, 0.25) is 0 Å². The first kappa shape index (κ1) is 70.9. The van der Waals surface area contributed by atoms with Gasteiger partial charge in [0.1, 0.15) is 53.4 Å². The van der Waals surface area contributed by atoms with Gasteiger partial charge in [-0.2, -0.15) is 0 Å². The van der Waals surface area contributed by atoms with Crippen molar-refractivity contribution in [2.45, 2.75) is 182 Å². The lowest BCUT2D eigenvalue weighted by atomic mass is 9.74. The number of carbonyl (C=O) groups excluding carboxylic acids is 5. The lowest BCUT2D eigenvalue weighted by Crippen LogP contribution is -2.56. The van der Waals surface area contributed by atoms with Gasteiger partial charge in [0, 0.05) is 60.7 Å². The molecule has 0 amide bonds. The third-order valence-electron chi connectivity index (χ3n) is 23.9. The van der Waals surface area contributed by atoms with Gasteiger partial charge in [-0.1, -0.05) is 187 Å². The first-order valence-electron chi connectivity index (χ1n) is 36.1. The first-order chi connectivity index (χ1) is 49.5. The van der Waals surface area contributed by atoms with E-state index in [-0.39, 0.29) is 43.1 Å². The first-order valence-corrected chi connectivity index (χ1v) is 36.1. The summed E-state index contributed by atoms with van der Waals surface area (Å²) in [5, 5.41) is 32.5. The fraction of sp³-hybridized carbons (Fsp3) is 0.391. The van der Waals surface area contributed by atoms with Crippen LogP contribution in [0.25, 0.3) is 18.2 Å². The van der Waals surface area contributed by atoms with Crippen LogP contribution in [0.5, 0.6) is 0 Å². The molecule has 3 aliphatic carbocycles. The van der Waals surface area contributed by atoms with Gasteiger partial charge in [-0.05, 0) is 166 Å². The highest BCUT2D eigenvalue weighted by atomic mass is 16.6. The van der Waals surface area contributed by atoms with Gasteiger partial charge in [-0.15, -0.1) is 0 Å². The van der Waals surface area contributed by atoms with Gasteiger partial charge in [0.2, 0.25) is 0 Å². The average Bonchev–Trinajstić information content (AvgIpc) is 1.53. The molecular weight excluding hydrogens is 1300 g/mol. The predicted octanol–water partition coefficient (Wildman–Crippen LogP) is 13.6. The van der Waals surface area contributed by atoms with Crippen molar-refractivity contribution in [2.75, 3.05) is 13.2 Å². The van der Waals surface area contributed by atoms with Gasteiger partial charge in [-0.3, -0.25) is 0 Å². The Balaban J connectivity index is 0.703. The molecule has 14 rings (SSSR count). The molecule has 0 radical (unpaired) electrons. The second-order valence-corrected chi connectivity index (χ2v) is 29.9. The summed E-state index contributed by atoms with van der Waals surface area (Å²) in [7, 11) is 0. The van der Waals surface area contributed by atoms with Gasteiger partial charge in [0.05, 0.1) is 18.3 Å². The number of hydrogen-bond acceptors (Lipinski definition) is 16. The van der Waals surface area contributed by atoms with E-state index in [4.69, 9.17) is 37.9 Å². The van der Waals surface area contributed by atoms with Crippen LogP contribution in [0.15, 0.2) is 222 Å². The van der Waals surface area contributed by atoms with Crippen molar-refractivity contribution < 1.29 is 77.2 Å². The van der Waals surface area contributed by atoms with Crippen molar-refractivity contribution >= 4 is 48.1 Å². The number of hydrogen-bond donors (Lipinski definition) is 3. The maximum Gasteiger partial charge on any atom is 0.335 e. The van der Waals surface area contributed by atoms with Crippen molar-refractivity contribution in [3.8, 4) is 0 Å². The van der Waals surface area contributed by atoms with Gasteiger partial charge in [-0.25, -0.2) is 24.0 Å². The SMILES string of the molecule is CC1=C2C(OC(=O)/C=C/c3ccc(C4CC5C(=C4C)C(OC(=O)/C=C/c4cccc(C6CC7C(=C6C)C(OC(=O)/C=C/c6ccccc6)C6(c8ccccc8)CC(OC(=O)C(C)O)C7(C)O6)c4)C4(c6ccccc6)CC(O)C5(C)O4)cc3)COC(C)(C(CCc3ccccc3)OC(=O)CO)C2CC1. The summed E-state index contributed by atoms with van der Waals surface area (Å²) in [6.45, 7) is 12.8. The van der Waals surface area contributed by atoms with Crippen molar-refractivity contribution in [3.05, 3.63) is 266 Å². The minimum Gasteiger partial charge on any atom is -0.458 e. The summed E-state index contributed by atoms with van der Waals surface area (Å²) in [6.07, 6.45) is 7.36. The molecule has 3 N–H and O–H groups in total. The zero-order valence-electron chi connectivity index (χ0n) is 59.3. The van der Waals surface area contributed by atoms with Crippen LogP contribution in [-0.4, -0.2) is 118 Å². The summed E-state index contributed by atoms with van der Waals surface area (Å²) in [5.41, 5.74) is 7.34. The molecule has 5 heterocycles. The molecule has 0 spiro atoms. The van der Waals surface area contributed by atoms with Gasteiger partial charge in [0.15, 0.2) is 12.2 Å². The highest BCUT2D eigenvalue weighted by Gasteiger charge is 2.72. The number of aliphatic hydroxyl groups excluding tert-OH is 3. The number of allylic oxidation sites excluding steroid dienone is 3. The zero-order chi connectivity index (χ0) is 72.2. The molecule has 103 heavy (non-hydrogen) atoms. The quantitative estimate of drug-likeness (QED) is 0.0264. The minimum atomic E-state index is -1.38. The Labute approximate surface area is 601 Å². The molecular formula is C87H90O16. The maximum atomic E-state index is 14.8. The number of aliphatic hydroxyl groups is 3. The van der Waals surface area contributed by atoms with E-state index >= 15 is 0 Å². The summed E-state index contributed by atoms with van der Waals surface area (Å²) < 4.78 is 52.9. The van der Waals surface area contributed by atoms with E-state index in [1.54, 1.807) is 18.2 Å². The third kappa shape index (κ3) is 13.1. The average molecular weight is 1390 g/mol. The molecule has 6 aromatic rings. The topological polar surface area (TPSA) is 220 Å². The van der Waals surface area contributed by atoms with Crippen LogP contribution in [0.4, 0.5) is 0 Å². The van der Waals surface area contributed by atoms with Crippen LogP contribution >= 0.6 is 0 Å². The van der Waals surface area contributed by atoms with E-state index in [0.717, 1.165) is 90.8 Å². The van der Waals surface area contributed by atoms with Gasteiger partial charge < -0.3 is 53.2 Å². The smallest absolute Gasteiger partial charge is 0.335 e. The Bertz CT molecular complexity index is 4400. The molecule has 6 aromatic carbocycles. The van der Waals surface area contributed by atoms with Gasteiger partial charge in [0.25, 0.3) is 0 Å². The Morgan fingerprint density at radius 2 is 1.09 bits per heavy atom. The molecule has 0 aromatic heterocycles. The molecule has 5 aliphatic heterocycles. The Morgan fingerprint density at radius 1 is 0.573 bits per heavy atom. The number of esters is 5. The van der Waals surface area contributed by atoms with E-state index in [9.17, 15) is 39.3 Å². The maximum absolute atomic E-state index is 14.8. The second-order valence-electron chi connectivity index (χ2n) is 29.9. The number of aryl methyl sites for hydroxylation is 1. The van der Waals surface area contributed by atoms with Crippen LogP contribution in [-0.2, 0) is 79.5 Å². The monoisotopic (exact) mass is 1390 g/mol. The molecule has 534 valence electrons. The van der Waals surface area contributed by atoms with Crippen molar-refractivity contribution in [3.63, 3.8) is 0 Å². The molecule has 16 nitrogen and oxygen atoms in total. The van der Waals surface area contributed by atoms with Crippen molar-refractivity contribution in [1.29, 1.82) is 0 Å². The number of carbonyl (C=O) groups is 5. The molecule has 5 saturated heterocycles. The third-order valence-corrected chi connectivity index (χ3v) is 23.9. The summed E-state index contributed by atoms with van der Waals surface area (Å²) in [5.74, 6) is -4.42. The van der Waals surface area contributed by atoms with E-state index < -0.39 is 113 Å². The van der Waals surface area contributed by atoms with E-state index in [1.807, 2.05) is 191 Å². The van der Waals surface area contributed by atoms with Crippen LogP contribution in [0.3, 0.4) is 0 Å². The summed E-state index contributed by atoms with van der Waals surface area (Å²) in [4.78, 5) is 68.8.